The highest BCUT2D eigenvalue weighted by Crippen LogP contribution is 2.51. The molecule has 0 saturated heterocycles. The number of ether oxygens (including phenoxy) is 1. The summed E-state index contributed by atoms with van der Waals surface area (Å²) < 4.78 is 6.80. The molecule has 0 bridgehead atoms. The molecule has 1 aliphatic heterocycles. The SMILES string of the molecule is c1cc(-c2ccc3ccc4cc5ccccc5cc4c3c2)c2c(c1)-c1cccc3c1c(cc1ccccc13)O2. The summed E-state index contributed by atoms with van der Waals surface area (Å²) in [6, 6.07) is 48.4. The summed E-state index contributed by atoms with van der Waals surface area (Å²) in [4.78, 5) is 0. The van der Waals surface area contributed by atoms with Gasteiger partial charge < -0.3 is 4.74 Å². The maximum absolute atomic E-state index is 6.80. The molecule has 8 aromatic rings. The summed E-state index contributed by atoms with van der Waals surface area (Å²) in [5, 5.41) is 12.5. The van der Waals surface area contributed by atoms with Crippen molar-refractivity contribution >= 4 is 53.9 Å². The van der Waals surface area contributed by atoms with Crippen molar-refractivity contribution in [3.8, 4) is 33.8 Å². The molecule has 1 heterocycles. The van der Waals surface area contributed by atoms with E-state index in [1.165, 1.54) is 59.4 Å². The molecule has 1 nitrogen and oxygen atoms in total. The molecule has 39 heavy (non-hydrogen) atoms. The quantitative estimate of drug-likeness (QED) is 0.163. The fourth-order valence-corrected chi connectivity index (χ4v) is 6.54. The molecule has 0 spiro atoms. The smallest absolute Gasteiger partial charge is 0.143 e. The van der Waals surface area contributed by atoms with Gasteiger partial charge in [0.05, 0.1) is 0 Å². The van der Waals surface area contributed by atoms with E-state index in [-0.39, 0.29) is 0 Å². The van der Waals surface area contributed by atoms with Crippen molar-refractivity contribution in [3.63, 3.8) is 0 Å². The molecule has 0 radical (unpaired) electrons. The van der Waals surface area contributed by atoms with E-state index in [0.717, 1.165) is 28.2 Å². The van der Waals surface area contributed by atoms with Gasteiger partial charge in [0.25, 0.3) is 0 Å². The van der Waals surface area contributed by atoms with Gasteiger partial charge in [-0.1, -0.05) is 109 Å². The maximum atomic E-state index is 6.80. The van der Waals surface area contributed by atoms with Crippen LogP contribution in [0.2, 0.25) is 0 Å². The average molecular weight is 495 g/mol. The van der Waals surface area contributed by atoms with E-state index in [2.05, 4.69) is 133 Å². The predicted molar refractivity (Wildman–Crippen MR) is 165 cm³/mol. The van der Waals surface area contributed by atoms with Gasteiger partial charge in [0.1, 0.15) is 11.5 Å². The molecular weight excluding hydrogens is 472 g/mol. The molecule has 0 saturated carbocycles. The van der Waals surface area contributed by atoms with Crippen LogP contribution in [0, 0.1) is 0 Å². The van der Waals surface area contributed by atoms with E-state index in [1.807, 2.05) is 0 Å². The van der Waals surface area contributed by atoms with E-state index in [4.69, 9.17) is 4.74 Å². The summed E-state index contributed by atoms with van der Waals surface area (Å²) >= 11 is 0. The second-order valence-electron chi connectivity index (χ2n) is 10.5. The van der Waals surface area contributed by atoms with Crippen LogP contribution in [0.1, 0.15) is 0 Å². The van der Waals surface area contributed by atoms with E-state index >= 15 is 0 Å². The van der Waals surface area contributed by atoms with Crippen molar-refractivity contribution in [2.24, 2.45) is 0 Å². The van der Waals surface area contributed by atoms with Gasteiger partial charge in [-0.15, -0.1) is 0 Å². The van der Waals surface area contributed by atoms with Crippen LogP contribution in [0.5, 0.6) is 11.5 Å². The van der Waals surface area contributed by atoms with Crippen LogP contribution in [0.15, 0.2) is 133 Å². The van der Waals surface area contributed by atoms with Gasteiger partial charge in [0.15, 0.2) is 0 Å². The van der Waals surface area contributed by atoms with Crippen molar-refractivity contribution in [1.82, 2.24) is 0 Å². The Kier molecular flexibility index (Phi) is 4.11. The Morgan fingerprint density at radius 2 is 1.00 bits per heavy atom. The first-order valence-corrected chi connectivity index (χ1v) is 13.4. The third kappa shape index (κ3) is 2.96. The fourth-order valence-electron chi connectivity index (χ4n) is 6.54. The molecule has 1 aliphatic rings. The van der Waals surface area contributed by atoms with Crippen LogP contribution in [0.3, 0.4) is 0 Å². The summed E-state index contributed by atoms with van der Waals surface area (Å²) in [7, 11) is 0. The summed E-state index contributed by atoms with van der Waals surface area (Å²) in [6.07, 6.45) is 0. The van der Waals surface area contributed by atoms with Crippen LogP contribution >= 0.6 is 0 Å². The van der Waals surface area contributed by atoms with Crippen molar-refractivity contribution in [1.29, 1.82) is 0 Å². The molecule has 0 amide bonds. The highest BCUT2D eigenvalue weighted by molar-refractivity contribution is 6.17. The van der Waals surface area contributed by atoms with Crippen LogP contribution in [-0.4, -0.2) is 0 Å². The van der Waals surface area contributed by atoms with Gasteiger partial charge in [-0.25, -0.2) is 0 Å². The first kappa shape index (κ1) is 20.9. The number of rotatable bonds is 1. The fraction of sp³-hybridized carbons (Fsp3) is 0. The molecule has 0 atom stereocenters. The Hall–Kier alpha value is -5.14. The third-order valence-corrected chi connectivity index (χ3v) is 8.38. The molecule has 180 valence electrons. The molecule has 9 rings (SSSR count). The number of hydrogen-bond donors (Lipinski definition) is 0. The standard InChI is InChI=1S/C38H22O/c1-2-8-25-20-35-27(19-24(25)7-1)17-15-23-16-18-28(21-34(23)35)30-11-5-14-33-32-13-6-12-31-29-10-4-3-9-26(29)22-36(37(31)32)39-38(30)33/h1-22H. The van der Waals surface area contributed by atoms with E-state index in [0.29, 0.717) is 0 Å². The zero-order valence-corrected chi connectivity index (χ0v) is 21.1. The number of hydrogen-bond acceptors (Lipinski definition) is 1. The molecule has 0 unspecified atom stereocenters. The molecule has 0 aliphatic carbocycles. The second kappa shape index (κ2) is 7.69. The Labute approximate surface area is 225 Å². The minimum atomic E-state index is 0.928. The largest absolute Gasteiger partial charge is 0.455 e. The van der Waals surface area contributed by atoms with Gasteiger partial charge in [0.2, 0.25) is 0 Å². The van der Waals surface area contributed by atoms with Gasteiger partial charge in [-0.05, 0) is 83.9 Å². The summed E-state index contributed by atoms with van der Waals surface area (Å²) in [5.41, 5.74) is 4.65. The third-order valence-electron chi connectivity index (χ3n) is 8.38. The molecule has 0 N–H and O–H groups in total. The average Bonchev–Trinajstić information content (AvgIpc) is 3.00. The molecule has 8 aromatic carbocycles. The Morgan fingerprint density at radius 3 is 1.92 bits per heavy atom. The van der Waals surface area contributed by atoms with Crippen molar-refractivity contribution < 1.29 is 4.74 Å². The molecular formula is C38H22O. The van der Waals surface area contributed by atoms with Crippen LogP contribution in [0.4, 0.5) is 0 Å². The minimum absolute atomic E-state index is 0.928. The number of para-hydroxylation sites is 1. The first-order valence-electron chi connectivity index (χ1n) is 13.4. The molecule has 1 heteroatoms. The zero-order chi connectivity index (χ0) is 25.5. The van der Waals surface area contributed by atoms with Crippen molar-refractivity contribution in [2.45, 2.75) is 0 Å². The lowest BCUT2D eigenvalue weighted by atomic mass is 9.89. The Balaban J connectivity index is 1.30. The van der Waals surface area contributed by atoms with Crippen LogP contribution < -0.4 is 4.74 Å². The highest BCUT2D eigenvalue weighted by atomic mass is 16.5. The lowest BCUT2D eigenvalue weighted by Crippen LogP contribution is -1.99. The second-order valence-corrected chi connectivity index (χ2v) is 10.5. The van der Waals surface area contributed by atoms with Crippen LogP contribution in [-0.2, 0) is 0 Å². The van der Waals surface area contributed by atoms with E-state index in [1.54, 1.807) is 0 Å². The van der Waals surface area contributed by atoms with E-state index < -0.39 is 0 Å². The number of fused-ring (bicyclic) bond motifs is 8. The first-order chi connectivity index (χ1) is 19.3. The van der Waals surface area contributed by atoms with Gasteiger partial charge in [-0.3, -0.25) is 0 Å². The topological polar surface area (TPSA) is 9.23 Å². The van der Waals surface area contributed by atoms with Crippen LogP contribution in [0.25, 0.3) is 76.1 Å². The maximum Gasteiger partial charge on any atom is 0.143 e. The molecule has 0 fully saturated rings. The Morgan fingerprint density at radius 1 is 0.359 bits per heavy atom. The normalized spacial score (nSPS) is 12.3. The highest BCUT2D eigenvalue weighted by Gasteiger charge is 2.24. The lowest BCUT2D eigenvalue weighted by molar-refractivity contribution is 0.489. The van der Waals surface area contributed by atoms with Crippen molar-refractivity contribution in [2.75, 3.05) is 0 Å². The number of benzene rings is 8. The minimum Gasteiger partial charge on any atom is -0.455 e. The van der Waals surface area contributed by atoms with Gasteiger partial charge in [-0.2, -0.15) is 0 Å². The van der Waals surface area contributed by atoms with Crippen molar-refractivity contribution in [3.05, 3.63) is 133 Å². The zero-order valence-electron chi connectivity index (χ0n) is 21.1. The monoisotopic (exact) mass is 494 g/mol. The van der Waals surface area contributed by atoms with Gasteiger partial charge >= 0.3 is 0 Å². The Bertz CT molecular complexity index is 2310. The summed E-state index contributed by atoms with van der Waals surface area (Å²) in [5.74, 6) is 1.86. The molecule has 0 aromatic heterocycles. The predicted octanol–water partition coefficient (Wildman–Crippen LogP) is 10.9. The lowest BCUT2D eigenvalue weighted by Gasteiger charge is -2.24. The summed E-state index contributed by atoms with van der Waals surface area (Å²) in [6.45, 7) is 0. The van der Waals surface area contributed by atoms with Gasteiger partial charge in [0, 0.05) is 16.5 Å². The van der Waals surface area contributed by atoms with E-state index in [9.17, 15) is 0 Å².